The predicted octanol–water partition coefficient (Wildman–Crippen LogP) is 6.03. The highest BCUT2D eigenvalue weighted by Gasteiger charge is 2.63. The molecule has 158 valence electrons. The number of carbonyl (C=O) groups is 1. The lowest BCUT2D eigenvalue weighted by Gasteiger charge is -2.64. The van der Waals surface area contributed by atoms with Gasteiger partial charge >= 0.3 is 0 Å². The molecule has 1 N–H and O–H groups in total. The summed E-state index contributed by atoms with van der Waals surface area (Å²) in [6, 6.07) is 0. The van der Waals surface area contributed by atoms with Crippen molar-refractivity contribution in [3.63, 3.8) is 0 Å². The minimum Gasteiger partial charge on any atom is -0.393 e. The van der Waals surface area contributed by atoms with Crippen LogP contribution in [0.5, 0.6) is 0 Å². The van der Waals surface area contributed by atoms with Gasteiger partial charge in [-0.15, -0.1) is 0 Å². The second-order valence-electron chi connectivity index (χ2n) is 11.3. The number of fused-ring (bicyclic) bond motifs is 5. The molecule has 0 aromatic heterocycles. The van der Waals surface area contributed by atoms with Crippen LogP contribution >= 0.6 is 0 Å². The molecule has 3 fully saturated rings. The summed E-state index contributed by atoms with van der Waals surface area (Å²) >= 11 is 0. The Morgan fingerprint density at radius 1 is 1.11 bits per heavy atom. The van der Waals surface area contributed by atoms with E-state index in [1.165, 1.54) is 38.5 Å². The summed E-state index contributed by atoms with van der Waals surface area (Å²) in [6.07, 6.45) is 16.7. The summed E-state index contributed by atoms with van der Waals surface area (Å²) < 4.78 is 0. The van der Waals surface area contributed by atoms with Crippen LogP contribution in [0.2, 0.25) is 0 Å². The molecular weight excluding hydrogens is 344 g/mol. The van der Waals surface area contributed by atoms with Crippen molar-refractivity contribution in [2.24, 2.45) is 52.3 Å². The van der Waals surface area contributed by atoms with E-state index in [0.717, 1.165) is 25.0 Å². The molecule has 0 amide bonds. The monoisotopic (exact) mass is 386 g/mol. The molecule has 6 unspecified atom stereocenters. The van der Waals surface area contributed by atoms with Crippen molar-refractivity contribution in [2.75, 3.05) is 0 Å². The van der Waals surface area contributed by atoms with Crippen LogP contribution < -0.4 is 0 Å². The molecule has 4 aliphatic carbocycles. The molecule has 0 radical (unpaired) electrons. The summed E-state index contributed by atoms with van der Waals surface area (Å²) in [4.78, 5) is 10.9. The van der Waals surface area contributed by atoms with E-state index in [4.69, 9.17) is 0 Å². The van der Waals surface area contributed by atoms with Gasteiger partial charge in [0, 0.05) is 6.42 Å². The Morgan fingerprint density at radius 3 is 2.61 bits per heavy atom. The molecule has 2 nitrogen and oxygen atoms in total. The Labute approximate surface area is 172 Å². The van der Waals surface area contributed by atoms with Crippen molar-refractivity contribution in [3.8, 4) is 0 Å². The summed E-state index contributed by atoms with van der Waals surface area (Å²) in [7, 11) is 0. The van der Waals surface area contributed by atoms with Crippen molar-refractivity contribution in [2.45, 2.75) is 91.6 Å². The topological polar surface area (TPSA) is 37.3 Å². The van der Waals surface area contributed by atoms with Crippen molar-refractivity contribution >= 4 is 6.29 Å². The fourth-order valence-electron chi connectivity index (χ4n) is 8.88. The Hall–Kier alpha value is -0.630. The summed E-state index contributed by atoms with van der Waals surface area (Å²) in [6.45, 7) is 9.73. The number of allylic oxidation sites excluding steroid dienone is 2. The Balaban J connectivity index is 1.65. The average molecular weight is 387 g/mol. The second-order valence-corrected chi connectivity index (χ2v) is 11.3. The van der Waals surface area contributed by atoms with Crippen LogP contribution in [-0.4, -0.2) is 17.5 Å². The van der Waals surface area contributed by atoms with E-state index in [2.05, 4.69) is 39.8 Å². The smallest absolute Gasteiger partial charge is 0.120 e. The van der Waals surface area contributed by atoms with E-state index < -0.39 is 0 Å². The standard InChI is InChI=1S/C26H42O2/c1-5-18-20-10-6-7-14-25(20,3)22-13-15-26(4)19(17(2)9-8-16-27)11-12-21(26)23(22)24(18)28/h11-12,16-24,28H,5-10,13-15H2,1-4H3/t17-,18?,19-,20?,21?,22?,23?,24-,25+,26?/m1/s1. The molecule has 3 saturated carbocycles. The largest absolute Gasteiger partial charge is 0.393 e. The number of carbonyl (C=O) groups excluding carboxylic acids is 1. The van der Waals surface area contributed by atoms with Crippen molar-refractivity contribution in [3.05, 3.63) is 12.2 Å². The van der Waals surface area contributed by atoms with Crippen LogP contribution in [0.15, 0.2) is 12.2 Å². The fraction of sp³-hybridized carbons (Fsp3) is 0.885. The third kappa shape index (κ3) is 2.88. The first-order valence-electron chi connectivity index (χ1n) is 12.2. The second kappa shape index (κ2) is 7.56. The highest BCUT2D eigenvalue weighted by Crippen LogP contribution is 2.68. The number of aliphatic hydroxyl groups excluding tert-OH is 1. The van der Waals surface area contributed by atoms with Crippen LogP contribution in [0, 0.1) is 52.3 Å². The van der Waals surface area contributed by atoms with E-state index in [-0.39, 0.29) is 11.5 Å². The molecule has 4 rings (SSSR count). The van der Waals surface area contributed by atoms with Gasteiger partial charge in [0.25, 0.3) is 0 Å². The number of hydrogen-bond acceptors (Lipinski definition) is 2. The first-order chi connectivity index (χ1) is 13.4. The lowest BCUT2D eigenvalue weighted by atomic mass is 9.41. The fourth-order valence-corrected chi connectivity index (χ4v) is 8.88. The maximum atomic E-state index is 11.7. The number of aliphatic hydroxyl groups is 1. The molecule has 28 heavy (non-hydrogen) atoms. The molecule has 0 aromatic carbocycles. The molecule has 4 aliphatic rings. The Morgan fingerprint density at radius 2 is 1.89 bits per heavy atom. The van der Waals surface area contributed by atoms with Gasteiger partial charge in [-0.25, -0.2) is 0 Å². The zero-order chi connectivity index (χ0) is 20.1. The van der Waals surface area contributed by atoms with Crippen LogP contribution in [0.3, 0.4) is 0 Å². The SMILES string of the molecule is CCC1C2CCCC[C@]2(C)C2CCC3(C)C(C=C[C@@H]3[C@H](C)CCC=O)C2[C@@H]1O. The average Bonchev–Trinajstić information content (AvgIpc) is 3.04. The number of hydrogen-bond donors (Lipinski definition) is 1. The molecule has 0 bridgehead atoms. The van der Waals surface area contributed by atoms with Gasteiger partial charge in [0.1, 0.15) is 6.29 Å². The van der Waals surface area contributed by atoms with Gasteiger partial charge in [-0.3, -0.25) is 0 Å². The van der Waals surface area contributed by atoms with Crippen molar-refractivity contribution in [1.82, 2.24) is 0 Å². The zero-order valence-corrected chi connectivity index (χ0v) is 18.6. The van der Waals surface area contributed by atoms with Crippen LogP contribution in [0.25, 0.3) is 0 Å². The molecule has 0 aromatic rings. The normalized spacial score (nSPS) is 51.1. The number of aldehydes is 1. The molecular formula is C26H42O2. The maximum absolute atomic E-state index is 11.7. The van der Waals surface area contributed by atoms with Crippen molar-refractivity contribution in [1.29, 1.82) is 0 Å². The molecule has 0 aliphatic heterocycles. The van der Waals surface area contributed by atoms with Gasteiger partial charge in [-0.2, -0.15) is 0 Å². The first-order valence-corrected chi connectivity index (χ1v) is 12.2. The van der Waals surface area contributed by atoms with Crippen LogP contribution in [0.4, 0.5) is 0 Å². The quantitative estimate of drug-likeness (QED) is 0.462. The third-order valence-electron chi connectivity index (χ3n) is 10.3. The highest BCUT2D eigenvalue weighted by molar-refractivity contribution is 5.49. The van der Waals surface area contributed by atoms with E-state index in [0.29, 0.717) is 47.3 Å². The minimum absolute atomic E-state index is 0.135. The van der Waals surface area contributed by atoms with E-state index in [1.54, 1.807) is 0 Å². The molecule has 0 saturated heterocycles. The van der Waals surface area contributed by atoms with Crippen LogP contribution in [-0.2, 0) is 4.79 Å². The van der Waals surface area contributed by atoms with Gasteiger partial charge in [0.2, 0.25) is 0 Å². The minimum atomic E-state index is -0.135. The first kappa shape index (κ1) is 20.6. The van der Waals surface area contributed by atoms with Gasteiger partial charge < -0.3 is 9.90 Å². The maximum Gasteiger partial charge on any atom is 0.120 e. The number of rotatable bonds is 5. The lowest BCUT2D eigenvalue weighted by molar-refractivity contribution is -0.189. The zero-order valence-electron chi connectivity index (χ0n) is 18.6. The lowest BCUT2D eigenvalue weighted by Crippen LogP contribution is -2.61. The van der Waals surface area contributed by atoms with Crippen LogP contribution in [0.1, 0.15) is 85.5 Å². The Bertz CT molecular complexity index is 612. The van der Waals surface area contributed by atoms with Gasteiger partial charge in [-0.1, -0.05) is 59.1 Å². The van der Waals surface area contributed by atoms with E-state index in [9.17, 15) is 9.90 Å². The third-order valence-corrected chi connectivity index (χ3v) is 10.3. The van der Waals surface area contributed by atoms with E-state index in [1.807, 2.05) is 0 Å². The van der Waals surface area contributed by atoms with Gasteiger partial charge in [0.15, 0.2) is 0 Å². The predicted molar refractivity (Wildman–Crippen MR) is 115 cm³/mol. The molecule has 10 atom stereocenters. The highest BCUT2D eigenvalue weighted by atomic mass is 16.3. The van der Waals surface area contributed by atoms with E-state index >= 15 is 0 Å². The summed E-state index contributed by atoms with van der Waals surface area (Å²) in [5.41, 5.74) is 0.694. The van der Waals surface area contributed by atoms with Gasteiger partial charge in [-0.05, 0) is 84.4 Å². The molecule has 2 heteroatoms. The summed E-state index contributed by atoms with van der Waals surface area (Å²) in [5, 5.41) is 11.7. The molecule has 0 heterocycles. The van der Waals surface area contributed by atoms with Crippen molar-refractivity contribution < 1.29 is 9.90 Å². The Kier molecular flexibility index (Phi) is 5.57. The summed E-state index contributed by atoms with van der Waals surface area (Å²) in [5.74, 6) is 3.94. The molecule has 0 spiro atoms. The van der Waals surface area contributed by atoms with Gasteiger partial charge in [0.05, 0.1) is 6.10 Å².